The highest BCUT2D eigenvalue weighted by Gasteiger charge is 2.16. The molecule has 0 bridgehead atoms. The summed E-state index contributed by atoms with van der Waals surface area (Å²) >= 11 is 0. The summed E-state index contributed by atoms with van der Waals surface area (Å²) in [5, 5.41) is 2.86. The summed E-state index contributed by atoms with van der Waals surface area (Å²) in [7, 11) is 0. The molecule has 0 aliphatic heterocycles. The number of nitrogens with one attached hydrogen (secondary N) is 2. The molecule has 1 unspecified atom stereocenters. The molecular weight excluding hydrogens is 204 g/mol. The van der Waals surface area contributed by atoms with Gasteiger partial charge in [0.25, 0.3) is 5.91 Å². The number of rotatable bonds is 4. The van der Waals surface area contributed by atoms with Crippen LogP contribution in [0.3, 0.4) is 0 Å². The smallest absolute Gasteiger partial charge is 0.256 e. The molecule has 88 valence electrons. The second-order valence-electron chi connectivity index (χ2n) is 4.15. The third-order valence-corrected chi connectivity index (χ3v) is 2.63. The van der Waals surface area contributed by atoms with Gasteiger partial charge in [0.1, 0.15) is 5.56 Å². The van der Waals surface area contributed by atoms with Gasteiger partial charge in [-0.25, -0.2) is 0 Å². The molecule has 1 aromatic heterocycles. The van der Waals surface area contributed by atoms with E-state index in [1.165, 1.54) is 18.5 Å². The Morgan fingerprint density at radius 2 is 2.19 bits per heavy atom. The van der Waals surface area contributed by atoms with Gasteiger partial charge in [-0.1, -0.05) is 20.8 Å². The molecule has 0 fully saturated rings. The van der Waals surface area contributed by atoms with E-state index in [0.29, 0.717) is 5.92 Å². The van der Waals surface area contributed by atoms with Crippen molar-refractivity contribution >= 4 is 5.91 Å². The van der Waals surface area contributed by atoms with Gasteiger partial charge >= 0.3 is 0 Å². The summed E-state index contributed by atoms with van der Waals surface area (Å²) in [5.74, 6) is 0.0548. The maximum atomic E-state index is 11.8. The molecule has 1 rings (SSSR count). The van der Waals surface area contributed by atoms with Gasteiger partial charge in [-0.05, 0) is 12.3 Å². The number of aromatic nitrogens is 1. The van der Waals surface area contributed by atoms with Crippen LogP contribution in [0.25, 0.3) is 0 Å². The third-order valence-electron chi connectivity index (χ3n) is 2.63. The van der Waals surface area contributed by atoms with E-state index in [0.717, 1.165) is 6.42 Å². The third kappa shape index (κ3) is 2.95. The Hall–Kier alpha value is -1.58. The molecule has 0 spiro atoms. The first kappa shape index (κ1) is 12.5. The zero-order valence-corrected chi connectivity index (χ0v) is 9.91. The van der Waals surface area contributed by atoms with Crippen LogP contribution in [0, 0.1) is 5.92 Å². The molecule has 0 aliphatic rings. The number of pyridine rings is 1. The second-order valence-corrected chi connectivity index (χ2v) is 4.15. The maximum Gasteiger partial charge on any atom is 0.256 e. The molecule has 2 N–H and O–H groups in total. The minimum Gasteiger partial charge on any atom is -0.367 e. The van der Waals surface area contributed by atoms with Crippen molar-refractivity contribution in [3.05, 3.63) is 34.2 Å². The van der Waals surface area contributed by atoms with Gasteiger partial charge in [0.05, 0.1) is 0 Å². The fourth-order valence-electron chi connectivity index (χ4n) is 1.58. The monoisotopic (exact) mass is 222 g/mol. The van der Waals surface area contributed by atoms with Crippen molar-refractivity contribution in [2.75, 3.05) is 0 Å². The molecule has 0 aromatic carbocycles. The Bertz CT molecular complexity index is 409. The largest absolute Gasteiger partial charge is 0.367 e. The van der Waals surface area contributed by atoms with E-state index in [2.05, 4.69) is 10.3 Å². The lowest BCUT2D eigenvalue weighted by atomic mass is 10.0. The molecule has 4 nitrogen and oxygen atoms in total. The summed E-state index contributed by atoms with van der Waals surface area (Å²) in [6.45, 7) is 6.10. The molecule has 1 heterocycles. The van der Waals surface area contributed by atoms with Crippen LogP contribution in [-0.4, -0.2) is 16.9 Å². The van der Waals surface area contributed by atoms with Gasteiger partial charge in [-0.2, -0.15) is 0 Å². The summed E-state index contributed by atoms with van der Waals surface area (Å²) < 4.78 is 0. The molecular formula is C12H18N2O2. The van der Waals surface area contributed by atoms with Crippen molar-refractivity contribution in [1.82, 2.24) is 10.3 Å². The van der Waals surface area contributed by atoms with Crippen LogP contribution in [0.2, 0.25) is 0 Å². The number of carbonyl (C=O) groups is 1. The zero-order chi connectivity index (χ0) is 12.1. The fourth-order valence-corrected chi connectivity index (χ4v) is 1.58. The van der Waals surface area contributed by atoms with Crippen molar-refractivity contribution in [2.45, 2.75) is 33.2 Å². The van der Waals surface area contributed by atoms with E-state index in [1.807, 2.05) is 20.8 Å². The second kappa shape index (κ2) is 5.49. The van der Waals surface area contributed by atoms with Crippen LogP contribution in [0.15, 0.2) is 23.3 Å². The van der Waals surface area contributed by atoms with Gasteiger partial charge in [-0.3, -0.25) is 9.59 Å². The number of amides is 1. The van der Waals surface area contributed by atoms with E-state index in [1.54, 1.807) is 0 Å². The molecule has 16 heavy (non-hydrogen) atoms. The Labute approximate surface area is 95.1 Å². The van der Waals surface area contributed by atoms with Crippen LogP contribution < -0.4 is 10.7 Å². The lowest BCUT2D eigenvalue weighted by Gasteiger charge is -2.20. The SMILES string of the molecule is CCC(NC(=O)c1c[nH]ccc1=O)C(C)C. The van der Waals surface area contributed by atoms with Crippen LogP contribution in [-0.2, 0) is 0 Å². The van der Waals surface area contributed by atoms with Crippen LogP contribution in [0.1, 0.15) is 37.6 Å². The van der Waals surface area contributed by atoms with Crippen LogP contribution in [0.5, 0.6) is 0 Å². The van der Waals surface area contributed by atoms with Crippen molar-refractivity contribution < 1.29 is 4.79 Å². The lowest BCUT2D eigenvalue weighted by molar-refractivity contribution is 0.0923. The Kier molecular flexibility index (Phi) is 4.28. The fraction of sp³-hybridized carbons (Fsp3) is 0.500. The van der Waals surface area contributed by atoms with Crippen molar-refractivity contribution in [1.29, 1.82) is 0 Å². The first-order valence-corrected chi connectivity index (χ1v) is 5.54. The summed E-state index contributed by atoms with van der Waals surface area (Å²) in [6, 6.07) is 1.46. The standard InChI is InChI=1S/C12H18N2O2/c1-4-10(8(2)3)14-12(16)9-7-13-6-5-11(9)15/h5-8,10H,4H2,1-3H3,(H,13,15)(H,14,16). The van der Waals surface area contributed by atoms with Gasteiger partial charge in [0, 0.05) is 24.5 Å². The molecule has 0 aliphatic carbocycles. The van der Waals surface area contributed by atoms with E-state index in [4.69, 9.17) is 0 Å². The Morgan fingerprint density at radius 3 is 2.69 bits per heavy atom. The number of hydrogen-bond acceptors (Lipinski definition) is 2. The predicted octanol–water partition coefficient (Wildman–Crippen LogP) is 1.54. The summed E-state index contributed by atoms with van der Waals surface area (Å²) in [6.07, 6.45) is 3.80. The quantitative estimate of drug-likeness (QED) is 0.811. The number of H-pyrrole nitrogens is 1. The Morgan fingerprint density at radius 1 is 1.50 bits per heavy atom. The number of aromatic amines is 1. The van der Waals surface area contributed by atoms with E-state index in [9.17, 15) is 9.59 Å². The summed E-state index contributed by atoms with van der Waals surface area (Å²) in [5.41, 5.74) is -0.0866. The number of carbonyl (C=O) groups excluding carboxylic acids is 1. The molecule has 1 amide bonds. The average molecular weight is 222 g/mol. The zero-order valence-electron chi connectivity index (χ0n) is 9.91. The molecule has 1 atom stereocenters. The van der Waals surface area contributed by atoms with Crippen molar-refractivity contribution in [3.63, 3.8) is 0 Å². The molecule has 4 heteroatoms. The highest BCUT2D eigenvalue weighted by Crippen LogP contribution is 2.05. The Balaban J connectivity index is 2.80. The van der Waals surface area contributed by atoms with Gasteiger partial charge in [0.2, 0.25) is 0 Å². The van der Waals surface area contributed by atoms with E-state index >= 15 is 0 Å². The van der Waals surface area contributed by atoms with E-state index in [-0.39, 0.29) is 22.9 Å². The van der Waals surface area contributed by atoms with E-state index < -0.39 is 0 Å². The average Bonchev–Trinajstić information content (AvgIpc) is 2.25. The minimum atomic E-state index is -0.303. The molecule has 1 aromatic rings. The maximum absolute atomic E-state index is 11.8. The lowest BCUT2D eigenvalue weighted by Crippen LogP contribution is -2.39. The van der Waals surface area contributed by atoms with Gasteiger partial charge in [0.15, 0.2) is 5.43 Å². The van der Waals surface area contributed by atoms with Gasteiger partial charge in [-0.15, -0.1) is 0 Å². The highest BCUT2D eigenvalue weighted by molar-refractivity contribution is 5.93. The first-order valence-electron chi connectivity index (χ1n) is 5.54. The minimum absolute atomic E-state index is 0.104. The van der Waals surface area contributed by atoms with Crippen molar-refractivity contribution in [2.24, 2.45) is 5.92 Å². The number of hydrogen-bond donors (Lipinski definition) is 2. The molecule has 0 saturated heterocycles. The molecule has 0 saturated carbocycles. The first-order chi connectivity index (χ1) is 7.56. The summed E-state index contributed by atoms with van der Waals surface area (Å²) in [4.78, 5) is 26.0. The predicted molar refractivity (Wildman–Crippen MR) is 63.4 cm³/mol. The van der Waals surface area contributed by atoms with Gasteiger partial charge < -0.3 is 10.3 Å². The van der Waals surface area contributed by atoms with Crippen molar-refractivity contribution in [3.8, 4) is 0 Å². The molecule has 0 radical (unpaired) electrons. The van der Waals surface area contributed by atoms with Crippen LogP contribution >= 0.6 is 0 Å². The highest BCUT2D eigenvalue weighted by atomic mass is 16.2. The topological polar surface area (TPSA) is 62.0 Å². The van der Waals surface area contributed by atoms with Crippen LogP contribution in [0.4, 0.5) is 0 Å². The normalized spacial score (nSPS) is 12.5.